The van der Waals surface area contributed by atoms with Gasteiger partial charge in [0.05, 0.1) is 11.4 Å². The minimum Gasteiger partial charge on any atom is -0.324 e. The Morgan fingerprint density at radius 3 is 3.12 bits per heavy atom. The Morgan fingerprint density at radius 1 is 1.59 bits per heavy atom. The largest absolute Gasteiger partial charge is 0.324 e. The van der Waals surface area contributed by atoms with Crippen LogP contribution in [0.1, 0.15) is 25.5 Å². The molecule has 0 spiro atoms. The zero-order chi connectivity index (χ0) is 12.3. The smallest absolute Gasteiger partial charge is 0.321 e. The number of nitrogens with zero attached hydrogens (tertiary/aromatic N) is 2. The van der Waals surface area contributed by atoms with Gasteiger partial charge in [-0.25, -0.2) is 4.79 Å². The second-order valence-electron chi connectivity index (χ2n) is 4.76. The lowest BCUT2D eigenvalue weighted by molar-refractivity contribution is 0.182. The molecule has 92 valence electrons. The summed E-state index contributed by atoms with van der Waals surface area (Å²) in [5.41, 5.74) is 1.65. The Labute approximate surface area is 102 Å². The van der Waals surface area contributed by atoms with Crippen LogP contribution in [-0.2, 0) is 0 Å². The Bertz CT molecular complexity index is 405. The van der Waals surface area contributed by atoms with Gasteiger partial charge >= 0.3 is 6.03 Å². The fourth-order valence-electron chi connectivity index (χ4n) is 2.18. The van der Waals surface area contributed by atoms with E-state index in [2.05, 4.69) is 17.2 Å². The van der Waals surface area contributed by atoms with Crippen molar-refractivity contribution in [1.82, 2.24) is 9.88 Å². The predicted molar refractivity (Wildman–Crippen MR) is 68.0 cm³/mol. The van der Waals surface area contributed by atoms with Crippen molar-refractivity contribution in [1.29, 1.82) is 0 Å². The van der Waals surface area contributed by atoms with Crippen molar-refractivity contribution >= 4 is 11.7 Å². The first kappa shape index (κ1) is 11.9. The number of likely N-dealkylation sites (tertiary alicyclic amines) is 1. The van der Waals surface area contributed by atoms with E-state index in [-0.39, 0.29) is 6.03 Å². The fourth-order valence-corrected chi connectivity index (χ4v) is 2.18. The molecule has 1 aliphatic rings. The highest BCUT2D eigenvalue weighted by Gasteiger charge is 2.21. The third-order valence-corrected chi connectivity index (χ3v) is 3.19. The van der Waals surface area contributed by atoms with E-state index in [4.69, 9.17) is 0 Å². The quantitative estimate of drug-likeness (QED) is 0.810. The highest BCUT2D eigenvalue weighted by Crippen LogP contribution is 2.17. The maximum atomic E-state index is 12.1. The molecule has 0 bridgehead atoms. The highest BCUT2D eigenvalue weighted by atomic mass is 16.2. The summed E-state index contributed by atoms with van der Waals surface area (Å²) in [5, 5.41) is 2.92. The molecule has 1 N–H and O–H groups in total. The first-order valence-corrected chi connectivity index (χ1v) is 6.14. The van der Waals surface area contributed by atoms with E-state index >= 15 is 0 Å². The summed E-state index contributed by atoms with van der Waals surface area (Å²) in [4.78, 5) is 18.1. The number of nitrogens with one attached hydrogen (secondary N) is 1. The number of carbonyl (C=O) groups excluding carboxylic acids is 1. The molecule has 1 unspecified atom stereocenters. The number of anilines is 1. The highest BCUT2D eigenvalue weighted by molar-refractivity contribution is 5.89. The molecule has 2 rings (SSSR count). The number of aromatic nitrogens is 1. The molecule has 0 aromatic carbocycles. The topological polar surface area (TPSA) is 45.2 Å². The molecule has 4 nitrogen and oxygen atoms in total. The molecule has 1 atom stereocenters. The van der Waals surface area contributed by atoms with Crippen molar-refractivity contribution in [2.24, 2.45) is 5.92 Å². The van der Waals surface area contributed by atoms with E-state index in [1.807, 2.05) is 24.0 Å². The van der Waals surface area contributed by atoms with Crippen LogP contribution < -0.4 is 5.32 Å². The van der Waals surface area contributed by atoms with E-state index in [1.54, 1.807) is 6.20 Å². The monoisotopic (exact) mass is 233 g/mol. The van der Waals surface area contributed by atoms with Crippen LogP contribution in [0.3, 0.4) is 0 Å². The Kier molecular flexibility index (Phi) is 3.61. The van der Waals surface area contributed by atoms with Gasteiger partial charge in [0.25, 0.3) is 0 Å². The number of hydrogen-bond donors (Lipinski definition) is 1. The summed E-state index contributed by atoms with van der Waals surface area (Å²) >= 11 is 0. The van der Waals surface area contributed by atoms with Gasteiger partial charge in [-0.2, -0.15) is 0 Å². The van der Waals surface area contributed by atoms with Gasteiger partial charge in [0.15, 0.2) is 0 Å². The average Bonchev–Trinajstić information content (AvgIpc) is 2.32. The van der Waals surface area contributed by atoms with Gasteiger partial charge in [0, 0.05) is 19.3 Å². The summed E-state index contributed by atoms with van der Waals surface area (Å²) in [6.45, 7) is 5.80. The van der Waals surface area contributed by atoms with Crippen LogP contribution in [0.25, 0.3) is 0 Å². The van der Waals surface area contributed by atoms with E-state index in [1.165, 1.54) is 6.42 Å². The minimum atomic E-state index is -0.00681. The van der Waals surface area contributed by atoms with Crippen LogP contribution in [0.2, 0.25) is 0 Å². The third-order valence-electron chi connectivity index (χ3n) is 3.19. The lowest BCUT2D eigenvalue weighted by Gasteiger charge is -2.31. The zero-order valence-electron chi connectivity index (χ0n) is 10.4. The number of aryl methyl sites for hydroxylation is 1. The Morgan fingerprint density at radius 2 is 2.41 bits per heavy atom. The molecular weight excluding hydrogens is 214 g/mol. The van der Waals surface area contributed by atoms with Crippen molar-refractivity contribution in [2.45, 2.75) is 26.7 Å². The SMILES string of the molecule is Cc1ncccc1NC(=O)N1CCCC(C)C1. The van der Waals surface area contributed by atoms with Crippen molar-refractivity contribution < 1.29 is 4.79 Å². The normalized spacial score (nSPS) is 20.1. The van der Waals surface area contributed by atoms with Gasteiger partial charge in [0.2, 0.25) is 0 Å². The summed E-state index contributed by atoms with van der Waals surface area (Å²) in [7, 11) is 0. The molecule has 1 aliphatic heterocycles. The van der Waals surface area contributed by atoms with Crippen LogP contribution in [0.15, 0.2) is 18.3 Å². The van der Waals surface area contributed by atoms with Crippen LogP contribution in [0, 0.1) is 12.8 Å². The summed E-state index contributed by atoms with van der Waals surface area (Å²) in [6, 6.07) is 3.71. The number of urea groups is 1. The summed E-state index contributed by atoms with van der Waals surface area (Å²) in [6.07, 6.45) is 4.05. The number of amides is 2. The number of hydrogen-bond acceptors (Lipinski definition) is 2. The second kappa shape index (κ2) is 5.17. The van der Waals surface area contributed by atoms with Gasteiger partial charge in [-0.05, 0) is 37.8 Å². The third kappa shape index (κ3) is 2.96. The molecule has 4 heteroatoms. The fraction of sp³-hybridized carbons (Fsp3) is 0.538. The molecule has 2 amide bonds. The molecule has 0 radical (unpaired) electrons. The van der Waals surface area contributed by atoms with Gasteiger partial charge in [-0.1, -0.05) is 6.92 Å². The number of pyridine rings is 1. The maximum absolute atomic E-state index is 12.1. The first-order valence-electron chi connectivity index (χ1n) is 6.14. The van der Waals surface area contributed by atoms with Crippen LogP contribution in [0.4, 0.5) is 10.5 Å². The molecule has 0 aliphatic carbocycles. The zero-order valence-corrected chi connectivity index (χ0v) is 10.4. The van der Waals surface area contributed by atoms with E-state index in [9.17, 15) is 4.79 Å². The summed E-state index contributed by atoms with van der Waals surface area (Å²) in [5.74, 6) is 0.601. The van der Waals surface area contributed by atoms with Gasteiger partial charge in [-0.15, -0.1) is 0 Å². The molecular formula is C13H19N3O. The van der Waals surface area contributed by atoms with Gasteiger partial charge in [0.1, 0.15) is 0 Å². The lowest BCUT2D eigenvalue weighted by atomic mass is 10.0. The van der Waals surface area contributed by atoms with Crippen LogP contribution in [-0.4, -0.2) is 29.0 Å². The van der Waals surface area contributed by atoms with Crippen molar-refractivity contribution in [3.63, 3.8) is 0 Å². The van der Waals surface area contributed by atoms with Crippen LogP contribution >= 0.6 is 0 Å². The Hall–Kier alpha value is -1.58. The van der Waals surface area contributed by atoms with Crippen molar-refractivity contribution in [3.8, 4) is 0 Å². The standard InChI is InChI=1S/C13H19N3O/c1-10-5-4-8-16(9-10)13(17)15-12-6-3-7-14-11(12)2/h3,6-7,10H,4-5,8-9H2,1-2H3,(H,15,17). The van der Waals surface area contributed by atoms with Gasteiger partial charge < -0.3 is 10.2 Å². The van der Waals surface area contributed by atoms with Crippen molar-refractivity contribution in [3.05, 3.63) is 24.0 Å². The van der Waals surface area contributed by atoms with E-state index in [0.717, 1.165) is 30.9 Å². The van der Waals surface area contributed by atoms with Crippen LogP contribution in [0.5, 0.6) is 0 Å². The minimum absolute atomic E-state index is 0.00681. The maximum Gasteiger partial charge on any atom is 0.321 e. The molecule has 1 aromatic rings. The number of piperidine rings is 1. The summed E-state index contributed by atoms with van der Waals surface area (Å²) < 4.78 is 0. The van der Waals surface area contributed by atoms with Crippen molar-refractivity contribution in [2.75, 3.05) is 18.4 Å². The Balaban J connectivity index is 1.99. The first-order chi connectivity index (χ1) is 8.16. The molecule has 2 heterocycles. The molecule has 1 saturated heterocycles. The lowest BCUT2D eigenvalue weighted by Crippen LogP contribution is -2.41. The van der Waals surface area contributed by atoms with E-state index < -0.39 is 0 Å². The van der Waals surface area contributed by atoms with Gasteiger partial charge in [-0.3, -0.25) is 4.98 Å². The molecule has 1 fully saturated rings. The van der Waals surface area contributed by atoms with E-state index in [0.29, 0.717) is 5.92 Å². The molecule has 1 aromatic heterocycles. The predicted octanol–water partition coefficient (Wildman–Crippen LogP) is 2.65. The molecule has 0 saturated carbocycles. The number of carbonyl (C=O) groups is 1. The average molecular weight is 233 g/mol. The number of rotatable bonds is 1. The molecule has 17 heavy (non-hydrogen) atoms. The second-order valence-corrected chi connectivity index (χ2v) is 4.76.